The molecule has 0 saturated heterocycles. The lowest BCUT2D eigenvalue weighted by Crippen LogP contribution is -2.41. The molecule has 1 aromatic carbocycles. The molecule has 28 heavy (non-hydrogen) atoms. The lowest BCUT2D eigenvalue weighted by Gasteiger charge is -2.12. The molecule has 0 saturated carbocycles. The molecule has 1 N–H and O–H groups in total. The Labute approximate surface area is 161 Å². The number of fused-ring (bicyclic) bond motifs is 1. The first-order valence-corrected chi connectivity index (χ1v) is 9.25. The van der Waals surface area contributed by atoms with Crippen LogP contribution in [0.3, 0.4) is 0 Å². The maximum atomic E-state index is 13.6. The number of benzene rings is 1. The molecule has 2 heterocycles. The molecule has 0 radical (unpaired) electrons. The van der Waals surface area contributed by atoms with Gasteiger partial charge < -0.3 is 10.1 Å². The first-order chi connectivity index (χ1) is 13.4. The SMILES string of the molecule is COCCCNC(=O)Cn1c(=O)n(-c2cc(F)cc(F)c2)c(=O)c2sccc21. The van der Waals surface area contributed by atoms with Crippen molar-refractivity contribution in [2.45, 2.75) is 13.0 Å². The van der Waals surface area contributed by atoms with Crippen molar-refractivity contribution in [3.63, 3.8) is 0 Å². The lowest BCUT2D eigenvalue weighted by molar-refractivity contribution is -0.121. The number of ether oxygens (including phenoxy) is 1. The number of hydrogen-bond donors (Lipinski definition) is 1. The van der Waals surface area contributed by atoms with Crippen molar-refractivity contribution in [2.75, 3.05) is 20.3 Å². The number of aromatic nitrogens is 2. The van der Waals surface area contributed by atoms with Gasteiger partial charge in [0.25, 0.3) is 5.56 Å². The van der Waals surface area contributed by atoms with Crippen molar-refractivity contribution in [1.29, 1.82) is 0 Å². The van der Waals surface area contributed by atoms with E-state index in [1.54, 1.807) is 18.6 Å². The molecule has 2 aromatic heterocycles. The minimum Gasteiger partial charge on any atom is -0.385 e. The smallest absolute Gasteiger partial charge is 0.336 e. The van der Waals surface area contributed by atoms with Crippen molar-refractivity contribution in [3.05, 3.63) is 62.1 Å². The minimum absolute atomic E-state index is 0.205. The fraction of sp³-hybridized carbons (Fsp3) is 0.278. The average molecular weight is 409 g/mol. The van der Waals surface area contributed by atoms with Gasteiger partial charge in [0.15, 0.2) is 0 Å². The van der Waals surface area contributed by atoms with Crippen LogP contribution in [-0.4, -0.2) is 35.3 Å². The molecule has 3 aromatic rings. The van der Waals surface area contributed by atoms with Gasteiger partial charge in [-0.3, -0.25) is 14.2 Å². The molecule has 0 aliphatic carbocycles. The highest BCUT2D eigenvalue weighted by Gasteiger charge is 2.18. The monoisotopic (exact) mass is 409 g/mol. The van der Waals surface area contributed by atoms with E-state index in [2.05, 4.69) is 5.32 Å². The summed E-state index contributed by atoms with van der Waals surface area (Å²) >= 11 is 1.08. The van der Waals surface area contributed by atoms with Gasteiger partial charge in [-0.25, -0.2) is 18.1 Å². The topological polar surface area (TPSA) is 82.3 Å². The molecular weight excluding hydrogens is 392 g/mol. The van der Waals surface area contributed by atoms with Crippen LogP contribution in [0.4, 0.5) is 8.78 Å². The molecule has 10 heteroatoms. The molecule has 0 fully saturated rings. The number of methoxy groups -OCH3 is 1. The third-order valence-electron chi connectivity index (χ3n) is 4.01. The molecule has 0 unspecified atom stereocenters. The second-order valence-corrected chi connectivity index (χ2v) is 6.88. The van der Waals surface area contributed by atoms with E-state index in [9.17, 15) is 23.2 Å². The van der Waals surface area contributed by atoms with Gasteiger partial charge in [-0.2, -0.15) is 0 Å². The summed E-state index contributed by atoms with van der Waals surface area (Å²) in [4.78, 5) is 37.9. The van der Waals surface area contributed by atoms with E-state index in [1.165, 1.54) is 0 Å². The summed E-state index contributed by atoms with van der Waals surface area (Å²) in [5.41, 5.74) is -1.50. The lowest BCUT2D eigenvalue weighted by atomic mass is 10.3. The van der Waals surface area contributed by atoms with Gasteiger partial charge in [-0.05, 0) is 30.0 Å². The predicted molar refractivity (Wildman–Crippen MR) is 101 cm³/mol. The van der Waals surface area contributed by atoms with Gasteiger partial charge >= 0.3 is 5.69 Å². The number of rotatable bonds is 7. The number of carbonyl (C=O) groups is 1. The maximum absolute atomic E-state index is 13.6. The summed E-state index contributed by atoms with van der Waals surface area (Å²) in [6.07, 6.45) is 0.604. The fourth-order valence-electron chi connectivity index (χ4n) is 2.78. The summed E-state index contributed by atoms with van der Waals surface area (Å²) < 4.78 is 34.1. The van der Waals surface area contributed by atoms with Crippen LogP contribution in [0.25, 0.3) is 15.9 Å². The normalized spacial score (nSPS) is 11.1. The molecule has 0 aliphatic rings. The zero-order chi connectivity index (χ0) is 20.3. The van der Waals surface area contributed by atoms with Crippen molar-refractivity contribution < 1.29 is 18.3 Å². The van der Waals surface area contributed by atoms with Crippen LogP contribution in [0.15, 0.2) is 39.2 Å². The van der Waals surface area contributed by atoms with Gasteiger partial charge in [0.2, 0.25) is 5.91 Å². The predicted octanol–water partition coefficient (Wildman–Crippen LogP) is 1.64. The Balaban J connectivity index is 2.06. The van der Waals surface area contributed by atoms with E-state index in [0.717, 1.165) is 28.0 Å². The first-order valence-electron chi connectivity index (χ1n) is 8.37. The van der Waals surface area contributed by atoms with E-state index in [1.807, 2.05) is 0 Å². The third-order valence-corrected chi connectivity index (χ3v) is 4.90. The zero-order valence-corrected chi connectivity index (χ0v) is 15.7. The Morgan fingerprint density at radius 2 is 1.93 bits per heavy atom. The number of thiophene rings is 1. The van der Waals surface area contributed by atoms with Gasteiger partial charge in [0.05, 0.1) is 11.2 Å². The number of amides is 1. The molecule has 0 bridgehead atoms. The quantitative estimate of drug-likeness (QED) is 0.602. The summed E-state index contributed by atoms with van der Waals surface area (Å²) in [7, 11) is 1.55. The number of carbonyl (C=O) groups excluding carboxylic acids is 1. The largest absolute Gasteiger partial charge is 0.385 e. The fourth-order valence-corrected chi connectivity index (χ4v) is 3.60. The summed E-state index contributed by atoms with van der Waals surface area (Å²) in [5.74, 6) is -2.27. The molecule has 7 nitrogen and oxygen atoms in total. The van der Waals surface area contributed by atoms with Gasteiger partial charge in [-0.15, -0.1) is 11.3 Å². The van der Waals surface area contributed by atoms with Crippen LogP contribution in [0.1, 0.15) is 6.42 Å². The molecule has 0 aliphatic heterocycles. The summed E-state index contributed by atoms with van der Waals surface area (Å²) in [5, 5.41) is 4.27. The van der Waals surface area contributed by atoms with Crippen LogP contribution in [0, 0.1) is 11.6 Å². The molecule has 3 rings (SSSR count). The summed E-state index contributed by atoms with van der Waals surface area (Å²) in [6.45, 7) is 0.505. The highest BCUT2D eigenvalue weighted by Crippen LogP contribution is 2.17. The van der Waals surface area contributed by atoms with Crippen molar-refractivity contribution in [2.24, 2.45) is 0 Å². The Morgan fingerprint density at radius 1 is 1.21 bits per heavy atom. The molecule has 0 atom stereocenters. The number of nitrogens with one attached hydrogen (secondary N) is 1. The van der Waals surface area contributed by atoms with Crippen LogP contribution in [-0.2, 0) is 16.1 Å². The highest BCUT2D eigenvalue weighted by molar-refractivity contribution is 7.17. The van der Waals surface area contributed by atoms with Crippen LogP contribution in [0.5, 0.6) is 0 Å². The molecular formula is C18H17F2N3O4S. The van der Waals surface area contributed by atoms with Crippen LogP contribution in [0.2, 0.25) is 0 Å². The van der Waals surface area contributed by atoms with Crippen molar-refractivity contribution >= 4 is 27.5 Å². The van der Waals surface area contributed by atoms with Crippen molar-refractivity contribution in [1.82, 2.24) is 14.5 Å². The Kier molecular flexibility index (Phi) is 6.00. The number of hydrogen-bond acceptors (Lipinski definition) is 5. The van der Waals surface area contributed by atoms with Gasteiger partial charge in [0.1, 0.15) is 22.9 Å². The van der Waals surface area contributed by atoms with Gasteiger partial charge in [-0.1, -0.05) is 0 Å². The molecule has 0 spiro atoms. The standard InChI is InChI=1S/C18H17F2N3O4S/c1-27-5-2-4-21-15(24)10-22-14-3-6-28-16(14)17(25)23(18(22)26)13-8-11(19)7-12(20)9-13/h3,6-9H,2,4-5,10H2,1H3,(H,21,24). The van der Waals surface area contributed by atoms with E-state index in [0.29, 0.717) is 35.7 Å². The Hall–Kier alpha value is -2.85. The second kappa shape index (κ2) is 8.44. The minimum atomic E-state index is -0.921. The summed E-state index contributed by atoms with van der Waals surface area (Å²) in [6, 6.07) is 3.97. The second-order valence-electron chi connectivity index (χ2n) is 5.97. The van der Waals surface area contributed by atoms with Crippen LogP contribution >= 0.6 is 11.3 Å². The third kappa shape index (κ3) is 4.02. The van der Waals surface area contributed by atoms with E-state index in [4.69, 9.17) is 4.74 Å². The maximum Gasteiger partial charge on any atom is 0.336 e. The van der Waals surface area contributed by atoms with E-state index in [-0.39, 0.29) is 16.9 Å². The number of nitrogens with zero attached hydrogens (tertiary/aromatic N) is 2. The molecule has 1 amide bonds. The van der Waals surface area contributed by atoms with Gasteiger partial charge in [0, 0.05) is 26.3 Å². The van der Waals surface area contributed by atoms with Crippen molar-refractivity contribution in [3.8, 4) is 5.69 Å². The van der Waals surface area contributed by atoms with E-state index < -0.39 is 28.8 Å². The zero-order valence-electron chi connectivity index (χ0n) is 14.9. The van der Waals surface area contributed by atoms with Crippen LogP contribution < -0.4 is 16.6 Å². The van der Waals surface area contributed by atoms with E-state index >= 15 is 0 Å². The first kappa shape index (κ1) is 19.9. The number of halogens is 2. The highest BCUT2D eigenvalue weighted by atomic mass is 32.1. The average Bonchev–Trinajstić information content (AvgIpc) is 3.12. The Morgan fingerprint density at radius 3 is 2.61 bits per heavy atom. The Bertz CT molecular complexity index is 1120. The molecule has 148 valence electrons.